The van der Waals surface area contributed by atoms with E-state index in [2.05, 4.69) is 10.6 Å². The Bertz CT molecular complexity index is 848. The Morgan fingerprint density at radius 3 is 2.52 bits per heavy atom. The van der Waals surface area contributed by atoms with E-state index in [4.69, 9.17) is 4.74 Å². The summed E-state index contributed by atoms with van der Waals surface area (Å²) in [6.07, 6.45) is 1.09. The summed E-state index contributed by atoms with van der Waals surface area (Å²) in [6, 6.07) is 5.82. The summed E-state index contributed by atoms with van der Waals surface area (Å²) in [4.78, 5) is 53.2. The smallest absolute Gasteiger partial charge is 0.323 e. The number of urea groups is 1. The Kier molecular flexibility index (Phi) is 7.14. The van der Waals surface area contributed by atoms with Crippen molar-refractivity contribution in [3.8, 4) is 0 Å². The van der Waals surface area contributed by atoms with E-state index in [9.17, 15) is 19.2 Å². The summed E-state index contributed by atoms with van der Waals surface area (Å²) in [5.41, 5.74) is 1.15. The van der Waals surface area contributed by atoms with Gasteiger partial charge in [0.2, 0.25) is 11.8 Å². The van der Waals surface area contributed by atoms with Gasteiger partial charge in [0.05, 0.1) is 23.9 Å². The first-order chi connectivity index (χ1) is 14.8. The number of piperidine rings is 1. The second kappa shape index (κ2) is 9.80. The van der Waals surface area contributed by atoms with Crippen molar-refractivity contribution in [1.82, 2.24) is 10.2 Å². The third-order valence-corrected chi connectivity index (χ3v) is 5.65. The molecule has 0 aromatic heterocycles. The molecule has 9 heteroatoms. The first-order valence-electron chi connectivity index (χ1n) is 10.7. The number of para-hydroxylation sites is 2. The molecule has 1 aromatic carbocycles. The standard InChI is InChI=1S/C22H30N4O5/c1-4-31-21(29)15-9-11-25(12-10-15)20(28)19(14(2)3)24-22(30)26-13-18(27)23-16-7-5-6-8-17(16)26/h5-8,14-15,19H,4,9-13H2,1-3H3,(H,23,27)(H,24,30). The van der Waals surface area contributed by atoms with E-state index in [1.807, 2.05) is 13.8 Å². The number of anilines is 2. The Morgan fingerprint density at radius 2 is 1.87 bits per heavy atom. The van der Waals surface area contributed by atoms with E-state index in [0.717, 1.165) is 0 Å². The largest absolute Gasteiger partial charge is 0.466 e. The maximum atomic E-state index is 13.2. The van der Waals surface area contributed by atoms with Crippen molar-refractivity contribution >= 4 is 35.2 Å². The molecule has 3 rings (SSSR count). The molecule has 4 amide bonds. The third kappa shape index (κ3) is 5.15. The molecule has 2 N–H and O–H groups in total. The summed E-state index contributed by atoms with van der Waals surface area (Å²) in [6.45, 7) is 6.61. The van der Waals surface area contributed by atoms with Crippen molar-refractivity contribution in [1.29, 1.82) is 0 Å². The highest BCUT2D eigenvalue weighted by atomic mass is 16.5. The minimum atomic E-state index is -0.733. The first kappa shape index (κ1) is 22.6. The monoisotopic (exact) mass is 430 g/mol. The van der Waals surface area contributed by atoms with Gasteiger partial charge >= 0.3 is 12.0 Å². The summed E-state index contributed by atoms with van der Waals surface area (Å²) < 4.78 is 5.08. The van der Waals surface area contributed by atoms with Gasteiger partial charge in [-0.05, 0) is 37.8 Å². The number of esters is 1. The van der Waals surface area contributed by atoms with Crippen LogP contribution in [0.2, 0.25) is 0 Å². The zero-order valence-corrected chi connectivity index (χ0v) is 18.2. The van der Waals surface area contributed by atoms with Crippen LogP contribution in [0.1, 0.15) is 33.6 Å². The number of amides is 4. The Balaban J connectivity index is 1.66. The number of hydrogen-bond acceptors (Lipinski definition) is 5. The second-order valence-electron chi connectivity index (χ2n) is 8.17. The van der Waals surface area contributed by atoms with Crippen LogP contribution in [0, 0.1) is 11.8 Å². The lowest BCUT2D eigenvalue weighted by Crippen LogP contribution is -2.57. The summed E-state index contributed by atoms with van der Waals surface area (Å²) in [7, 11) is 0. The molecule has 2 aliphatic rings. The number of rotatable bonds is 5. The van der Waals surface area contributed by atoms with E-state index >= 15 is 0 Å². The molecule has 2 heterocycles. The van der Waals surface area contributed by atoms with E-state index in [0.29, 0.717) is 43.9 Å². The number of hydrogen-bond donors (Lipinski definition) is 2. The van der Waals surface area contributed by atoms with Crippen molar-refractivity contribution in [2.75, 3.05) is 36.5 Å². The van der Waals surface area contributed by atoms with Gasteiger partial charge in [0.15, 0.2) is 0 Å². The van der Waals surface area contributed by atoms with Crippen LogP contribution in [0.25, 0.3) is 0 Å². The van der Waals surface area contributed by atoms with Crippen LogP contribution in [-0.4, -0.2) is 61.0 Å². The van der Waals surface area contributed by atoms with Gasteiger partial charge in [0.25, 0.3) is 0 Å². The van der Waals surface area contributed by atoms with Crippen molar-refractivity contribution in [2.45, 2.75) is 39.7 Å². The number of carbonyl (C=O) groups is 4. The molecule has 1 unspecified atom stereocenters. The lowest BCUT2D eigenvalue weighted by Gasteiger charge is -2.36. The van der Waals surface area contributed by atoms with Gasteiger partial charge in [-0.15, -0.1) is 0 Å². The SMILES string of the molecule is CCOC(=O)C1CCN(C(=O)C(NC(=O)N2CC(=O)Nc3ccccc32)C(C)C)CC1. The predicted octanol–water partition coefficient (Wildman–Crippen LogP) is 1.98. The molecule has 0 saturated carbocycles. The highest BCUT2D eigenvalue weighted by molar-refractivity contribution is 6.10. The predicted molar refractivity (Wildman–Crippen MR) is 116 cm³/mol. The number of carbonyl (C=O) groups excluding carboxylic acids is 4. The molecule has 9 nitrogen and oxygen atoms in total. The summed E-state index contributed by atoms with van der Waals surface area (Å²) >= 11 is 0. The zero-order chi connectivity index (χ0) is 22.5. The molecule has 0 spiro atoms. The average molecular weight is 431 g/mol. The highest BCUT2D eigenvalue weighted by Gasteiger charge is 2.35. The van der Waals surface area contributed by atoms with Gasteiger partial charge in [-0.2, -0.15) is 0 Å². The molecule has 0 aliphatic carbocycles. The topological polar surface area (TPSA) is 108 Å². The lowest BCUT2D eigenvalue weighted by molar-refractivity contribution is -0.151. The number of ether oxygens (including phenoxy) is 1. The van der Waals surface area contributed by atoms with Crippen molar-refractivity contribution in [3.05, 3.63) is 24.3 Å². The van der Waals surface area contributed by atoms with Gasteiger partial charge in [-0.1, -0.05) is 26.0 Å². The quantitative estimate of drug-likeness (QED) is 0.695. The Hall–Kier alpha value is -3.10. The molecule has 168 valence electrons. The maximum Gasteiger partial charge on any atom is 0.323 e. The fourth-order valence-corrected chi connectivity index (χ4v) is 3.93. The maximum absolute atomic E-state index is 13.2. The van der Waals surface area contributed by atoms with Crippen LogP contribution in [0.3, 0.4) is 0 Å². The Morgan fingerprint density at radius 1 is 1.19 bits per heavy atom. The summed E-state index contributed by atoms with van der Waals surface area (Å²) in [5.74, 6) is -1.03. The third-order valence-electron chi connectivity index (χ3n) is 5.65. The van der Waals surface area contributed by atoms with Crippen LogP contribution >= 0.6 is 0 Å². The van der Waals surface area contributed by atoms with Crippen LogP contribution < -0.4 is 15.5 Å². The van der Waals surface area contributed by atoms with Gasteiger partial charge in [0, 0.05) is 13.1 Å². The molecule has 1 saturated heterocycles. The van der Waals surface area contributed by atoms with Crippen LogP contribution in [-0.2, 0) is 19.1 Å². The minimum Gasteiger partial charge on any atom is -0.466 e. The van der Waals surface area contributed by atoms with E-state index in [-0.39, 0.29) is 36.2 Å². The molecule has 31 heavy (non-hydrogen) atoms. The number of benzene rings is 1. The molecular weight excluding hydrogens is 400 g/mol. The van der Waals surface area contributed by atoms with E-state index in [1.165, 1.54) is 4.90 Å². The van der Waals surface area contributed by atoms with E-state index < -0.39 is 12.1 Å². The fourth-order valence-electron chi connectivity index (χ4n) is 3.93. The fraction of sp³-hybridized carbons (Fsp3) is 0.545. The zero-order valence-electron chi connectivity index (χ0n) is 18.2. The molecular formula is C22H30N4O5. The molecule has 2 aliphatic heterocycles. The van der Waals surface area contributed by atoms with Crippen LogP contribution in [0.5, 0.6) is 0 Å². The van der Waals surface area contributed by atoms with Gasteiger partial charge in [-0.3, -0.25) is 19.3 Å². The minimum absolute atomic E-state index is 0.118. The van der Waals surface area contributed by atoms with Gasteiger partial charge in [-0.25, -0.2) is 4.79 Å². The van der Waals surface area contributed by atoms with Crippen LogP contribution in [0.4, 0.5) is 16.2 Å². The first-order valence-corrected chi connectivity index (χ1v) is 10.7. The van der Waals surface area contributed by atoms with Gasteiger partial charge < -0.3 is 20.3 Å². The Labute approximate surface area is 182 Å². The van der Waals surface area contributed by atoms with Crippen molar-refractivity contribution in [3.63, 3.8) is 0 Å². The number of likely N-dealkylation sites (tertiary alicyclic amines) is 1. The van der Waals surface area contributed by atoms with Gasteiger partial charge in [0.1, 0.15) is 12.6 Å². The van der Waals surface area contributed by atoms with Crippen LogP contribution in [0.15, 0.2) is 24.3 Å². The normalized spacial score (nSPS) is 17.6. The number of nitrogens with zero attached hydrogens (tertiary/aromatic N) is 2. The second-order valence-corrected chi connectivity index (χ2v) is 8.17. The molecule has 1 fully saturated rings. The highest BCUT2D eigenvalue weighted by Crippen LogP contribution is 2.29. The van der Waals surface area contributed by atoms with Crippen molar-refractivity contribution < 1.29 is 23.9 Å². The number of nitrogens with one attached hydrogen (secondary N) is 2. The lowest BCUT2D eigenvalue weighted by atomic mass is 9.95. The molecule has 1 aromatic rings. The van der Waals surface area contributed by atoms with E-state index in [1.54, 1.807) is 36.1 Å². The van der Waals surface area contributed by atoms with Crippen molar-refractivity contribution in [2.24, 2.45) is 11.8 Å². The molecule has 1 atom stereocenters. The number of fused-ring (bicyclic) bond motifs is 1. The summed E-state index contributed by atoms with van der Waals surface area (Å²) in [5, 5.41) is 5.57. The molecule has 0 radical (unpaired) electrons. The molecule has 0 bridgehead atoms. The average Bonchev–Trinajstić information content (AvgIpc) is 2.76.